The van der Waals surface area contributed by atoms with Gasteiger partial charge >= 0.3 is 7.75 Å². The molecule has 0 unspecified atom stereocenters. The fourth-order valence-electron chi connectivity index (χ4n) is 4.10. The van der Waals surface area contributed by atoms with Gasteiger partial charge in [0.25, 0.3) is 0 Å². The second-order valence-corrected chi connectivity index (χ2v) is 9.78. The Balaban J connectivity index is 2.10. The second kappa shape index (κ2) is 11.7. The van der Waals surface area contributed by atoms with Crippen LogP contribution in [0.2, 0.25) is 0 Å². The molecule has 0 aromatic carbocycles. The van der Waals surface area contributed by atoms with Crippen molar-refractivity contribution in [3.05, 3.63) is 0 Å². The standard InChI is InChI=1S/C20H40NO3P/c1-3-17-21(18-4-2)25(22,23-19-13-9-5-6-10-14-19)24-20-15-11-7-8-12-16-20/h19-20H,3-18H2,1-2H3. The maximum atomic E-state index is 13.9. The van der Waals surface area contributed by atoms with Crippen LogP contribution in [0.3, 0.4) is 0 Å². The van der Waals surface area contributed by atoms with Crippen molar-refractivity contribution in [3.63, 3.8) is 0 Å². The van der Waals surface area contributed by atoms with E-state index in [-0.39, 0.29) is 12.2 Å². The van der Waals surface area contributed by atoms with Crippen molar-refractivity contribution in [1.29, 1.82) is 0 Å². The van der Waals surface area contributed by atoms with Gasteiger partial charge in [0, 0.05) is 13.1 Å². The van der Waals surface area contributed by atoms with Crippen LogP contribution in [-0.2, 0) is 13.6 Å². The minimum absolute atomic E-state index is 0.107. The molecule has 2 saturated carbocycles. The molecule has 0 saturated heterocycles. The van der Waals surface area contributed by atoms with Gasteiger partial charge in [-0.2, -0.15) is 0 Å². The molecule has 0 amide bonds. The summed E-state index contributed by atoms with van der Waals surface area (Å²) in [5, 5.41) is 0. The molecule has 148 valence electrons. The lowest BCUT2D eigenvalue weighted by Gasteiger charge is -2.34. The van der Waals surface area contributed by atoms with E-state index in [1.165, 1.54) is 51.4 Å². The van der Waals surface area contributed by atoms with E-state index in [0.29, 0.717) is 0 Å². The molecular formula is C20H40NO3P. The third kappa shape index (κ3) is 7.33. The predicted molar refractivity (Wildman–Crippen MR) is 105 cm³/mol. The largest absolute Gasteiger partial charge is 0.408 e. The molecule has 0 radical (unpaired) electrons. The maximum Gasteiger partial charge on any atom is 0.408 e. The summed E-state index contributed by atoms with van der Waals surface area (Å²) in [7, 11) is -3.20. The lowest BCUT2D eigenvalue weighted by molar-refractivity contribution is 0.0696. The van der Waals surface area contributed by atoms with Crippen molar-refractivity contribution < 1.29 is 13.6 Å². The van der Waals surface area contributed by atoms with E-state index in [2.05, 4.69) is 13.8 Å². The quantitative estimate of drug-likeness (QED) is 0.333. The monoisotopic (exact) mass is 373 g/mol. The van der Waals surface area contributed by atoms with E-state index in [0.717, 1.165) is 51.6 Å². The molecule has 0 N–H and O–H groups in total. The first kappa shape index (κ1) is 21.4. The number of rotatable bonds is 9. The van der Waals surface area contributed by atoms with Crippen LogP contribution in [-0.4, -0.2) is 30.0 Å². The smallest absolute Gasteiger partial charge is 0.293 e. The Morgan fingerprint density at radius 2 is 1.08 bits per heavy atom. The molecule has 2 fully saturated rings. The number of hydrogen-bond acceptors (Lipinski definition) is 3. The fraction of sp³-hybridized carbons (Fsp3) is 1.00. The maximum absolute atomic E-state index is 13.9. The van der Waals surface area contributed by atoms with Crippen LogP contribution in [0.15, 0.2) is 0 Å². The lowest BCUT2D eigenvalue weighted by atomic mass is 10.2. The molecule has 5 heteroatoms. The second-order valence-electron chi connectivity index (χ2n) is 7.86. The van der Waals surface area contributed by atoms with Crippen molar-refractivity contribution in [2.24, 2.45) is 0 Å². The Morgan fingerprint density at radius 3 is 1.40 bits per heavy atom. The molecule has 0 bridgehead atoms. The molecule has 0 aliphatic heterocycles. The molecule has 2 aliphatic rings. The van der Waals surface area contributed by atoms with Gasteiger partial charge in [-0.05, 0) is 38.5 Å². The number of nitrogens with zero attached hydrogens (tertiary/aromatic N) is 1. The van der Waals surface area contributed by atoms with Crippen molar-refractivity contribution in [2.45, 2.75) is 116 Å². The van der Waals surface area contributed by atoms with E-state index in [1.807, 2.05) is 4.67 Å². The molecule has 0 aromatic heterocycles. The Morgan fingerprint density at radius 1 is 0.720 bits per heavy atom. The lowest BCUT2D eigenvalue weighted by Crippen LogP contribution is -2.29. The van der Waals surface area contributed by atoms with Gasteiger partial charge in [0.15, 0.2) is 0 Å². The van der Waals surface area contributed by atoms with Gasteiger partial charge in [-0.1, -0.05) is 65.2 Å². The van der Waals surface area contributed by atoms with Gasteiger partial charge in [0.2, 0.25) is 0 Å². The first-order chi connectivity index (χ1) is 12.2. The van der Waals surface area contributed by atoms with E-state index in [1.54, 1.807) is 0 Å². The summed E-state index contributed by atoms with van der Waals surface area (Å²) in [5.74, 6) is 0. The van der Waals surface area contributed by atoms with E-state index in [4.69, 9.17) is 9.05 Å². The molecule has 25 heavy (non-hydrogen) atoms. The SMILES string of the molecule is CCCN(CCC)P(=O)(OC1CCCCCC1)OC1CCCCCC1. The molecule has 2 aliphatic carbocycles. The summed E-state index contributed by atoms with van der Waals surface area (Å²) in [5.41, 5.74) is 0. The third-order valence-corrected chi connectivity index (χ3v) is 7.70. The van der Waals surface area contributed by atoms with Gasteiger partial charge in [0.1, 0.15) is 0 Å². The van der Waals surface area contributed by atoms with Crippen molar-refractivity contribution in [1.82, 2.24) is 4.67 Å². The van der Waals surface area contributed by atoms with E-state index >= 15 is 0 Å². The zero-order valence-corrected chi connectivity index (χ0v) is 17.5. The first-order valence-corrected chi connectivity index (χ1v) is 12.4. The highest BCUT2D eigenvalue weighted by atomic mass is 31.2. The van der Waals surface area contributed by atoms with Crippen molar-refractivity contribution in [3.8, 4) is 0 Å². The van der Waals surface area contributed by atoms with Crippen LogP contribution in [0.25, 0.3) is 0 Å². The van der Waals surface area contributed by atoms with Crippen LogP contribution in [0.5, 0.6) is 0 Å². The van der Waals surface area contributed by atoms with Gasteiger partial charge in [-0.15, -0.1) is 0 Å². The van der Waals surface area contributed by atoms with Crippen LogP contribution >= 0.6 is 7.75 Å². The minimum atomic E-state index is -3.20. The van der Waals surface area contributed by atoms with Crippen LogP contribution < -0.4 is 0 Å². The zero-order valence-electron chi connectivity index (χ0n) is 16.6. The van der Waals surface area contributed by atoms with Crippen molar-refractivity contribution in [2.75, 3.05) is 13.1 Å². The Kier molecular flexibility index (Phi) is 10.1. The number of hydrogen-bond donors (Lipinski definition) is 0. The fourth-order valence-corrected chi connectivity index (χ4v) is 6.48. The van der Waals surface area contributed by atoms with E-state index in [9.17, 15) is 4.57 Å². The summed E-state index contributed by atoms with van der Waals surface area (Å²) >= 11 is 0. The molecule has 0 heterocycles. The predicted octanol–water partition coefficient (Wildman–Crippen LogP) is 6.70. The van der Waals surface area contributed by atoms with Crippen LogP contribution in [0.4, 0.5) is 0 Å². The Bertz CT molecular complexity index is 356. The molecular weight excluding hydrogens is 333 g/mol. The van der Waals surface area contributed by atoms with Gasteiger partial charge in [-0.25, -0.2) is 9.24 Å². The van der Waals surface area contributed by atoms with Gasteiger partial charge < -0.3 is 0 Å². The highest BCUT2D eigenvalue weighted by molar-refractivity contribution is 7.51. The summed E-state index contributed by atoms with van der Waals surface area (Å²) in [6, 6.07) is 0. The average Bonchev–Trinajstić information content (AvgIpc) is 2.99. The molecule has 0 atom stereocenters. The van der Waals surface area contributed by atoms with E-state index < -0.39 is 7.75 Å². The van der Waals surface area contributed by atoms with Gasteiger partial charge in [0.05, 0.1) is 12.2 Å². The zero-order chi connectivity index (χ0) is 18.0. The Labute approximate surface area is 155 Å². The molecule has 0 spiro atoms. The summed E-state index contributed by atoms with van der Waals surface area (Å²) in [6.45, 7) is 5.88. The van der Waals surface area contributed by atoms with Crippen molar-refractivity contribution >= 4 is 7.75 Å². The summed E-state index contributed by atoms with van der Waals surface area (Å²) in [4.78, 5) is 0. The molecule has 4 nitrogen and oxygen atoms in total. The Hall–Kier alpha value is 0.110. The third-order valence-electron chi connectivity index (χ3n) is 5.48. The van der Waals surface area contributed by atoms with Crippen LogP contribution in [0.1, 0.15) is 104 Å². The van der Waals surface area contributed by atoms with Gasteiger partial charge in [-0.3, -0.25) is 9.05 Å². The average molecular weight is 374 g/mol. The minimum Gasteiger partial charge on any atom is -0.293 e. The molecule has 2 rings (SSSR count). The topological polar surface area (TPSA) is 38.8 Å². The highest BCUT2D eigenvalue weighted by Crippen LogP contribution is 2.56. The summed E-state index contributed by atoms with van der Waals surface area (Å²) in [6.07, 6.45) is 16.2. The first-order valence-electron chi connectivity index (χ1n) is 10.9. The molecule has 0 aromatic rings. The normalized spacial score (nSPS) is 22.0. The van der Waals surface area contributed by atoms with Crippen LogP contribution in [0, 0.1) is 0 Å². The summed E-state index contributed by atoms with van der Waals surface area (Å²) < 4.78 is 28.6. The highest BCUT2D eigenvalue weighted by Gasteiger charge is 2.38.